The van der Waals surface area contributed by atoms with Gasteiger partial charge in [-0.2, -0.15) is 0 Å². The van der Waals surface area contributed by atoms with Gasteiger partial charge in [0.2, 0.25) is 11.8 Å². The van der Waals surface area contributed by atoms with Gasteiger partial charge in [-0.05, 0) is 36.6 Å². The molecule has 1 fully saturated rings. The van der Waals surface area contributed by atoms with E-state index in [1.54, 1.807) is 6.07 Å². The van der Waals surface area contributed by atoms with Crippen molar-refractivity contribution < 1.29 is 14.4 Å². The quantitative estimate of drug-likeness (QED) is 0.714. The lowest BCUT2D eigenvalue weighted by Crippen LogP contribution is -2.53. The van der Waals surface area contributed by atoms with Gasteiger partial charge in [0.1, 0.15) is 13.1 Å². The molecule has 6 heteroatoms. The number of hydrogen-bond acceptors (Lipinski definition) is 4. The molecule has 0 bridgehead atoms. The van der Waals surface area contributed by atoms with E-state index in [4.69, 9.17) is 0 Å². The molecule has 20 heavy (non-hydrogen) atoms. The number of fused-ring (bicyclic) bond motifs is 1. The molecule has 0 unspecified atom stereocenters. The first-order valence-corrected chi connectivity index (χ1v) is 6.62. The number of nitrogens with one attached hydrogen (secondary N) is 2. The Balaban J connectivity index is 1.83. The monoisotopic (exact) mass is 273 g/mol. The summed E-state index contributed by atoms with van der Waals surface area (Å²) >= 11 is 0. The van der Waals surface area contributed by atoms with Gasteiger partial charge in [0, 0.05) is 17.8 Å². The Labute approximate surface area is 116 Å². The Morgan fingerprint density at radius 2 is 1.90 bits per heavy atom. The zero-order valence-electron chi connectivity index (χ0n) is 10.9. The van der Waals surface area contributed by atoms with E-state index < -0.39 is 11.8 Å². The fraction of sp³-hybridized carbons (Fsp3) is 0.357. The van der Waals surface area contributed by atoms with E-state index in [2.05, 4.69) is 10.6 Å². The number of anilines is 1. The van der Waals surface area contributed by atoms with Crippen LogP contribution in [-0.4, -0.2) is 42.3 Å². The summed E-state index contributed by atoms with van der Waals surface area (Å²) in [5, 5.41) is 5.46. The van der Waals surface area contributed by atoms with Crippen molar-refractivity contribution in [2.45, 2.75) is 12.8 Å². The number of nitrogens with zero attached hydrogens (tertiary/aromatic N) is 1. The zero-order valence-corrected chi connectivity index (χ0v) is 10.9. The van der Waals surface area contributed by atoms with E-state index in [1.165, 1.54) is 4.90 Å². The second-order valence-corrected chi connectivity index (χ2v) is 5.03. The Kier molecular flexibility index (Phi) is 3.14. The molecule has 2 heterocycles. The first-order valence-electron chi connectivity index (χ1n) is 6.62. The molecule has 1 aromatic carbocycles. The fourth-order valence-electron chi connectivity index (χ4n) is 2.57. The molecule has 2 aliphatic rings. The van der Waals surface area contributed by atoms with Gasteiger partial charge in [-0.1, -0.05) is 0 Å². The molecule has 0 radical (unpaired) electrons. The van der Waals surface area contributed by atoms with E-state index in [0.717, 1.165) is 30.6 Å². The third kappa shape index (κ3) is 2.36. The molecule has 1 aromatic rings. The van der Waals surface area contributed by atoms with Crippen LogP contribution in [0.15, 0.2) is 18.2 Å². The second-order valence-electron chi connectivity index (χ2n) is 5.03. The summed E-state index contributed by atoms with van der Waals surface area (Å²) in [6, 6.07) is 5.46. The molecule has 104 valence electrons. The SMILES string of the molecule is O=C1CN(C(=O)c2ccc3c(c2)CCCN3)CC(=O)N1. The summed E-state index contributed by atoms with van der Waals surface area (Å²) in [4.78, 5) is 36.3. The number of carbonyl (C=O) groups is 3. The standard InChI is InChI=1S/C14H15N3O3/c18-12-7-17(8-13(19)16-12)14(20)10-3-4-11-9(6-10)2-1-5-15-11/h3-4,6,15H,1-2,5,7-8H2,(H,16,18,19). The lowest BCUT2D eigenvalue weighted by Gasteiger charge is -2.26. The third-order valence-corrected chi connectivity index (χ3v) is 3.53. The summed E-state index contributed by atoms with van der Waals surface area (Å²) < 4.78 is 0. The van der Waals surface area contributed by atoms with Gasteiger partial charge in [-0.3, -0.25) is 19.7 Å². The molecule has 1 saturated heterocycles. The third-order valence-electron chi connectivity index (χ3n) is 3.53. The highest BCUT2D eigenvalue weighted by Crippen LogP contribution is 2.23. The van der Waals surface area contributed by atoms with Crippen LogP contribution in [0.25, 0.3) is 0 Å². The number of rotatable bonds is 1. The van der Waals surface area contributed by atoms with Crippen LogP contribution in [0.3, 0.4) is 0 Å². The van der Waals surface area contributed by atoms with E-state index in [1.807, 2.05) is 12.1 Å². The minimum absolute atomic E-state index is 0.0695. The zero-order chi connectivity index (χ0) is 14.1. The van der Waals surface area contributed by atoms with Crippen LogP contribution in [0.5, 0.6) is 0 Å². The molecule has 0 aliphatic carbocycles. The van der Waals surface area contributed by atoms with Gasteiger partial charge in [-0.25, -0.2) is 0 Å². The molecular weight excluding hydrogens is 258 g/mol. The predicted octanol–water partition coefficient (Wildman–Crippen LogP) is 0.143. The van der Waals surface area contributed by atoms with Crippen LogP contribution in [0.2, 0.25) is 0 Å². The molecule has 6 nitrogen and oxygen atoms in total. The molecule has 2 aliphatic heterocycles. The van der Waals surface area contributed by atoms with Crippen molar-refractivity contribution in [3.8, 4) is 0 Å². The highest BCUT2D eigenvalue weighted by Gasteiger charge is 2.27. The summed E-state index contributed by atoms with van der Waals surface area (Å²) in [5.74, 6) is -1.15. The number of benzene rings is 1. The Morgan fingerprint density at radius 3 is 2.65 bits per heavy atom. The predicted molar refractivity (Wildman–Crippen MR) is 72.3 cm³/mol. The molecule has 0 aromatic heterocycles. The highest BCUT2D eigenvalue weighted by molar-refractivity contribution is 6.05. The van der Waals surface area contributed by atoms with Crippen LogP contribution >= 0.6 is 0 Å². The first kappa shape index (κ1) is 12.7. The van der Waals surface area contributed by atoms with Gasteiger partial charge in [-0.15, -0.1) is 0 Å². The van der Waals surface area contributed by atoms with Crippen molar-refractivity contribution in [3.63, 3.8) is 0 Å². The lowest BCUT2D eigenvalue weighted by molar-refractivity contribution is -0.135. The Hall–Kier alpha value is -2.37. The van der Waals surface area contributed by atoms with Crippen molar-refractivity contribution in [2.24, 2.45) is 0 Å². The van der Waals surface area contributed by atoms with Gasteiger partial charge >= 0.3 is 0 Å². The lowest BCUT2D eigenvalue weighted by atomic mass is 10.00. The van der Waals surface area contributed by atoms with Crippen molar-refractivity contribution in [1.29, 1.82) is 0 Å². The normalized spacial score (nSPS) is 18.1. The van der Waals surface area contributed by atoms with E-state index in [0.29, 0.717) is 5.56 Å². The van der Waals surface area contributed by atoms with E-state index in [9.17, 15) is 14.4 Å². The Bertz CT molecular complexity index is 581. The first-order chi connectivity index (χ1) is 9.63. The van der Waals surface area contributed by atoms with Gasteiger partial charge in [0.25, 0.3) is 5.91 Å². The van der Waals surface area contributed by atoms with Crippen LogP contribution < -0.4 is 10.6 Å². The van der Waals surface area contributed by atoms with Gasteiger partial charge < -0.3 is 10.2 Å². The Morgan fingerprint density at radius 1 is 1.15 bits per heavy atom. The van der Waals surface area contributed by atoms with Gasteiger partial charge in [0.15, 0.2) is 0 Å². The van der Waals surface area contributed by atoms with Crippen LogP contribution in [0.1, 0.15) is 22.3 Å². The molecule has 0 spiro atoms. The average Bonchev–Trinajstić information content (AvgIpc) is 2.45. The number of amides is 3. The van der Waals surface area contributed by atoms with E-state index >= 15 is 0 Å². The highest BCUT2D eigenvalue weighted by atomic mass is 16.2. The largest absolute Gasteiger partial charge is 0.385 e. The van der Waals surface area contributed by atoms with Crippen molar-refractivity contribution in [2.75, 3.05) is 25.0 Å². The number of piperazine rings is 1. The van der Waals surface area contributed by atoms with Crippen LogP contribution in [0.4, 0.5) is 5.69 Å². The maximum absolute atomic E-state index is 12.3. The summed E-state index contributed by atoms with van der Waals surface area (Å²) in [6.07, 6.45) is 1.97. The topological polar surface area (TPSA) is 78.5 Å². The molecule has 3 rings (SSSR count). The molecule has 0 saturated carbocycles. The molecule has 0 atom stereocenters. The maximum atomic E-state index is 12.3. The van der Waals surface area contributed by atoms with E-state index in [-0.39, 0.29) is 19.0 Å². The number of imide groups is 1. The number of aryl methyl sites for hydroxylation is 1. The second kappa shape index (κ2) is 4.96. The average molecular weight is 273 g/mol. The van der Waals surface area contributed by atoms with Gasteiger partial charge in [0.05, 0.1) is 0 Å². The molecular formula is C14H15N3O3. The molecule has 3 amide bonds. The summed E-state index contributed by atoms with van der Waals surface area (Å²) in [5.41, 5.74) is 2.69. The van der Waals surface area contributed by atoms with Crippen molar-refractivity contribution in [3.05, 3.63) is 29.3 Å². The van der Waals surface area contributed by atoms with Crippen molar-refractivity contribution >= 4 is 23.4 Å². The van der Waals surface area contributed by atoms with Crippen molar-refractivity contribution in [1.82, 2.24) is 10.2 Å². The van der Waals surface area contributed by atoms with Crippen LogP contribution in [-0.2, 0) is 16.0 Å². The minimum atomic E-state index is -0.436. The van der Waals surface area contributed by atoms with Crippen LogP contribution in [0, 0.1) is 0 Å². The maximum Gasteiger partial charge on any atom is 0.254 e. The number of hydrogen-bond donors (Lipinski definition) is 2. The fourth-order valence-corrected chi connectivity index (χ4v) is 2.57. The summed E-state index contributed by atoms with van der Waals surface area (Å²) in [7, 11) is 0. The summed E-state index contributed by atoms with van der Waals surface area (Å²) in [6.45, 7) is 0.806. The molecule has 2 N–H and O–H groups in total. The number of carbonyl (C=O) groups excluding carboxylic acids is 3. The minimum Gasteiger partial charge on any atom is -0.385 e. The smallest absolute Gasteiger partial charge is 0.254 e.